The number of hydrogen-bond acceptors (Lipinski definition) is 4. The maximum absolute atomic E-state index is 12.5. The zero-order valence-electron chi connectivity index (χ0n) is 15.5. The molecule has 3 rings (SSSR count). The Morgan fingerprint density at radius 2 is 1.81 bits per heavy atom. The molecule has 1 amide bonds. The summed E-state index contributed by atoms with van der Waals surface area (Å²) in [4.78, 5) is 17.1. The number of carbonyl (C=O) groups is 1. The van der Waals surface area contributed by atoms with Crippen molar-refractivity contribution in [3.63, 3.8) is 0 Å². The second-order valence-electron chi connectivity index (χ2n) is 6.43. The highest BCUT2D eigenvalue weighted by molar-refractivity contribution is 7.22. The van der Waals surface area contributed by atoms with Crippen molar-refractivity contribution in [2.24, 2.45) is 0 Å². The highest BCUT2D eigenvalue weighted by Crippen LogP contribution is 2.31. The highest BCUT2D eigenvalue weighted by Gasteiger charge is 2.12. The van der Waals surface area contributed by atoms with Crippen LogP contribution < -0.4 is 10.1 Å². The molecule has 5 heteroatoms. The van der Waals surface area contributed by atoms with Gasteiger partial charge in [-0.2, -0.15) is 0 Å². The molecule has 0 bridgehead atoms. The molecule has 0 saturated carbocycles. The van der Waals surface area contributed by atoms with Gasteiger partial charge in [0.15, 0.2) is 5.13 Å². The summed E-state index contributed by atoms with van der Waals surface area (Å²) in [5.74, 6) is 0.640. The van der Waals surface area contributed by atoms with Crippen LogP contribution in [0.1, 0.15) is 47.7 Å². The number of rotatable bonds is 7. The summed E-state index contributed by atoms with van der Waals surface area (Å²) in [5.41, 5.74) is 3.85. The van der Waals surface area contributed by atoms with Crippen LogP contribution in [0.5, 0.6) is 5.75 Å². The van der Waals surface area contributed by atoms with Gasteiger partial charge in [-0.1, -0.05) is 43.2 Å². The number of aromatic nitrogens is 1. The number of unbranched alkanes of at least 4 members (excludes halogenated alkanes) is 2. The number of ether oxygens (including phenoxy) is 1. The van der Waals surface area contributed by atoms with Crippen LogP contribution >= 0.6 is 11.3 Å². The molecule has 0 saturated heterocycles. The van der Waals surface area contributed by atoms with E-state index in [1.54, 1.807) is 12.1 Å². The van der Waals surface area contributed by atoms with Crippen LogP contribution in [0.2, 0.25) is 0 Å². The van der Waals surface area contributed by atoms with Gasteiger partial charge in [0.05, 0.1) is 16.8 Å². The molecule has 136 valence electrons. The van der Waals surface area contributed by atoms with Gasteiger partial charge in [-0.3, -0.25) is 10.1 Å². The summed E-state index contributed by atoms with van der Waals surface area (Å²) < 4.78 is 6.81. The van der Waals surface area contributed by atoms with E-state index in [1.807, 2.05) is 19.1 Å². The lowest BCUT2D eigenvalue weighted by Gasteiger charge is -2.06. The molecule has 26 heavy (non-hydrogen) atoms. The quantitative estimate of drug-likeness (QED) is 0.541. The predicted molar refractivity (Wildman–Crippen MR) is 109 cm³/mol. The summed E-state index contributed by atoms with van der Waals surface area (Å²) in [6.45, 7) is 6.97. The van der Waals surface area contributed by atoms with Crippen molar-refractivity contribution in [3.05, 3.63) is 53.1 Å². The van der Waals surface area contributed by atoms with E-state index in [0.29, 0.717) is 17.3 Å². The smallest absolute Gasteiger partial charge is 0.257 e. The van der Waals surface area contributed by atoms with E-state index in [4.69, 9.17) is 4.74 Å². The van der Waals surface area contributed by atoms with Crippen LogP contribution in [0.15, 0.2) is 36.4 Å². The Morgan fingerprint density at radius 3 is 2.50 bits per heavy atom. The highest BCUT2D eigenvalue weighted by atomic mass is 32.1. The Hall–Kier alpha value is -2.40. The zero-order valence-corrected chi connectivity index (χ0v) is 16.3. The van der Waals surface area contributed by atoms with E-state index in [0.717, 1.165) is 28.0 Å². The van der Waals surface area contributed by atoms with Gasteiger partial charge in [0.1, 0.15) is 5.75 Å². The van der Waals surface area contributed by atoms with Gasteiger partial charge in [-0.15, -0.1) is 0 Å². The Bertz CT molecular complexity index is 861. The predicted octanol–water partition coefficient (Wildman–Crippen LogP) is 5.73. The lowest BCUT2D eigenvalue weighted by Crippen LogP contribution is -2.11. The van der Waals surface area contributed by atoms with Crippen LogP contribution in [-0.2, 0) is 0 Å². The number of thiazole rings is 1. The zero-order chi connectivity index (χ0) is 18.5. The molecule has 2 aromatic carbocycles. The van der Waals surface area contributed by atoms with E-state index in [1.165, 1.54) is 29.7 Å². The minimum Gasteiger partial charge on any atom is -0.494 e. The van der Waals surface area contributed by atoms with Crippen LogP contribution in [0, 0.1) is 13.8 Å². The molecule has 1 aromatic heterocycles. The van der Waals surface area contributed by atoms with Gasteiger partial charge in [-0.25, -0.2) is 4.98 Å². The second-order valence-corrected chi connectivity index (χ2v) is 7.43. The van der Waals surface area contributed by atoms with Crippen molar-refractivity contribution in [1.82, 2.24) is 4.98 Å². The van der Waals surface area contributed by atoms with Crippen molar-refractivity contribution in [1.29, 1.82) is 0 Å². The maximum atomic E-state index is 12.5. The third-order valence-electron chi connectivity index (χ3n) is 4.30. The normalized spacial score (nSPS) is 10.9. The van der Waals surface area contributed by atoms with Gasteiger partial charge in [0, 0.05) is 5.56 Å². The summed E-state index contributed by atoms with van der Waals surface area (Å²) >= 11 is 1.51. The molecule has 4 nitrogen and oxygen atoms in total. The van der Waals surface area contributed by atoms with Crippen molar-refractivity contribution in [2.75, 3.05) is 11.9 Å². The molecule has 3 aromatic rings. The van der Waals surface area contributed by atoms with Gasteiger partial charge in [-0.05, 0) is 55.7 Å². The number of benzene rings is 2. The maximum Gasteiger partial charge on any atom is 0.257 e. The summed E-state index contributed by atoms with van der Waals surface area (Å²) in [6.07, 6.45) is 3.39. The van der Waals surface area contributed by atoms with Crippen LogP contribution in [-0.4, -0.2) is 17.5 Å². The first-order valence-corrected chi connectivity index (χ1v) is 9.81. The number of hydrogen-bond donors (Lipinski definition) is 1. The van der Waals surface area contributed by atoms with Crippen molar-refractivity contribution < 1.29 is 9.53 Å². The van der Waals surface area contributed by atoms with Gasteiger partial charge in [0.2, 0.25) is 0 Å². The Labute approximate surface area is 158 Å². The van der Waals surface area contributed by atoms with Gasteiger partial charge >= 0.3 is 0 Å². The number of carbonyl (C=O) groups excluding carboxylic acids is 1. The average Bonchev–Trinajstić information content (AvgIpc) is 3.07. The number of fused-ring (bicyclic) bond motifs is 1. The van der Waals surface area contributed by atoms with E-state index < -0.39 is 0 Å². The fraction of sp³-hybridized carbons (Fsp3) is 0.333. The second kappa shape index (κ2) is 8.32. The van der Waals surface area contributed by atoms with Crippen molar-refractivity contribution in [2.45, 2.75) is 40.0 Å². The molecule has 0 atom stereocenters. The number of aryl methyl sites for hydroxylation is 2. The lowest BCUT2D eigenvalue weighted by molar-refractivity contribution is 0.102. The fourth-order valence-corrected chi connectivity index (χ4v) is 3.73. The molecular weight excluding hydrogens is 344 g/mol. The Morgan fingerprint density at radius 1 is 1.08 bits per heavy atom. The molecule has 0 spiro atoms. The molecule has 1 N–H and O–H groups in total. The molecule has 0 aliphatic rings. The number of amides is 1. The molecule has 0 radical (unpaired) electrons. The Balaban J connectivity index is 1.66. The third-order valence-corrected chi connectivity index (χ3v) is 5.40. The monoisotopic (exact) mass is 368 g/mol. The van der Waals surface area contributed by atoms with Crippen LogP contribution in [0.4, 0.5) is 5.13 Å². The van der Waals surface area contributed by atoms with Crippen molar-refractivity contribution in [3.8, 4) is 5.75 Å². The topological polar surface area (TPSA) is 51.2 Å². The van der Waals surface area contributed by atoms with Gasteiger partial charge < -0.3 is 4.74 Å². The number of nitrogens with zero attached hydrogens (tertiary/aromatic N) is 1. The molecule has 0 fully saturated rings. The van der Waals surface area contributed by atoms with E-state index in [-0.39, 0.29) is 5.91 Å². The first kappa shape index (κ1) is 18.4. The van der Waals surface area contributed by atoms with E-state index in [2.05, 4.69) is 36.3 Å². The largest absolute Gasteiger partial charge is 0.494 e. The first-order chi connectivity index (χ1) is 12.6. The number of anilines is 1. The first-order valence-electron chi connectivity index (χ1n) is 8.99. The minimum atomic E-state index is -0.156. The molecule has 0 aliphatic heterocycles. The molecule has 0 unspecified atom stereocenters. The molecular formula is C21H24N2O2S. The lowest BCUT2D eigenvalue weighted by atomic mass is 10.1. The SMILES string of the molecule is CCCCCOc1ccc(C(=O)Nc2nc3c(C)ccc(C)c3s2)cc1. The third kappa shape index (κ3) is 4.22. The van der Waals surface area contributed by atoms with E-state index in [9.17, 15) is 4.79 Å². The van der Waals surface area contributed by atoms with E-state index >= 15 is 0 Å². The average molecular weight is 369 g/mol. The summed E-state index contributed by atoms with van der Waals surface area (Å²) in [5, 5.41) is 3.54. The minimum absolute atomic E-state index is 0.156. The summed E-state index contributed by atoms with van der Waals surface area (Å²) in [6, 6.07) is 11.4. The Kier molecular flexibility index (Phi) is 5.89. The number of nitrogens with one attached hydrogen (secondary N) is 1. The molecule has 0 aliphatic carbocycles. The fourth-order valence-electron chi connectivity index (χ4n) is 2.73. The molecule has 1 heterocycles. The van der Waals surface area contributed by atoms with Crippen LogP contribution in [0.25, 0.3) is 10.2 Å². The van der Waals surface area contributed by atoms with Crippen LogP contribution in [0.3, 0.4) is 0 Å². The standard InChI is InChI=1S/C21H24N2O2S/c1-4-5-6-13-25-17-11-9-16(10-12-17)20(24)23-21-22-18-14(2)7-8-15(3)19(18)26-21/h7-12H,4-6,13H2,1-3H3,(H,22,23,24). The van der Waals surface area contributed by atoms with Crippen molar-refractivity contribution >= 4 is 32.6 Å². The summed E-state index contributed by atoms with van der Waals surface area (Å²) in [7, 11) is 0. The van der Waals surface area contributed by atoms with Gasteiger partial charge in [0.25, 0.3) is 5.91 Å².